The van der Waals surface area contributed by atoms with E-state index in [-0.39, 0.29) is 11.5 Å². The highest BCUT2D eigenvalue weighted by Gasteiger charge is 2.30. The molecule has 0 aromatic rings. The van der Waals surface area contributed by atoms with Gasteiger partial charge in [0.15, 0.2) is 0 Å². The van der Waals surface area contributed by atoms with Gasteiger partial charge in [-0.3, -0.25) is 4.79 Å². The van der Waals surface area contributed by atoms with Gasteiger partial charge in [0.05, 0.1) is 25.2 Å². The van der Waals surface area contributed by atoms with Crippen LogP contribution in [0.1, 0.15) is 33.6 Å². The first-order valence-corrected chi connectivity index (χ1v) is 5.53. The van der Waals surface area contributed by atoms with Crippen LogP contribution in [-0.4, -0.2) is 38.4 Å². The first-order chi connectivity index (χ1) is 7.14. The van der Waals surface area contributed by atoms with E-state index in [1.165, 1.54) is 0 Å². The molecule has 0 aromatic carbocycles. The van der Waals surface area contributed by atoms with Gasteiger partial charge in [0.25, 0.3) is 0 Å². The molecule has 0 rings (SSSR count). The molecule has 0 aliphatic heterocycles. The number of nitrogens with one attached hydrogen (secondary N) is 1. The van der Waals surface area contributed by atoms with Gasteiger partial charge in [-0.2, -0.15) is 0 Å². The SMILES string of the molecule is CCNC(CC)(COC)CC(=O)OCC. The molecule has 1 unspecified atom stereocenters. The molecule has 0 aliphatic carbocycles. The summed E-state index contributed by atoms with van der Waals surface area (Å²) in [6, 6.07) is 0. The number of likely N-dealkylation sites (N-methyl/N-ethyl adjacent to an activating group) is 1. The van der Waals surface area contributed by atoms with E-state index in [1.54, 1.807) is 7.11 Å². The zero-order chi connectivity index (χ0) is 11.7. The quantitative estimate of drug-likeness (QED) is 0.623. The third-order valence-electron chi connectivity index (χ3n) is 2.44. The molecular weight excluding hydrogens is 194 g/mol. The van der Waals surface area contributed by atoms with E-state index >= 15 is 0 Å². The normalized spacial score (nSPS) is 14.7. The Hall–Kier alpha value is -0.610. The molecule has 4 heteroatoms. The lowest BCUT2D eigenvalue weighted by Crippen LogP contribution is -2.50. The van der Waals surface area contributed by atoms with Crippen LogP contribution < -0.4 is 5.32 Å². The molecule has 1 N–H and O–H groups in total. The average molecular weight is 217 g/mol. The van der Waals surface area contributed by atoms with Crippen LogP contribution in [0.3, 0.4) is 0 Å². The lowest BCUT2D eigenvalue weighted by molar-refractivity contribution is -0.145. The smallest absolute Gasteiger partial charge is 0.307 e. The molecule has 0 fully saturated rings. The highest BCUT2D eigenvalue weighted by atomic mass is 16.5. The van der Waals surface area contributed by atoms with E-state index in [4.69, 9.17) is 9.47 Å². The predicted molar refractivity (Wildman–Crippen MR) is 59.8 cm³/mol. The van der Waals surface area contributed by atoms with Crippen molar-refractivity contribution in [1.82, 2.24) is 5.32 Å². The predicted octanol–water partition coefficient (Wildman–Crippen LogP) is 1.34. The van der Waals surface area contributed by atoms with Crippen molar-refractivity contribution >= 4 is 5.97 Å². The van der Waals surface area contributed by atoms with Crippen molar-refractivity contribution in [3.63, 3.8) is 0 Å². The molecule has 0 amide bonds. The fourth-order valence-corrected chi connectivity index (χ4v) is 1.66. The number of esters is 1. The maximum absolute atomic E-state index is 11.4. The molecule has 1 atom stereocenters. The summed E-state index contributed by atoms with van der Waals surface area (Å²) >= 11 is 0. The Morgan fingerprint density at radius 3 is 2.40 bits per heavy atom. The topological polar surface area (TPSA) is 47.6 Å². The Balaban J connectivity index is 4.38. The Labute approximate surface area is 92.3 Å². The lowest BCUT2D eigenvalue weighted by atomic mass is 9.93. The standard InChI is InChI=1S/C11H23NO3/c1-5-11(9-14-4,12-6-2)8-10(13)15-7-3/h12H,5-9H2,1-4H3. The summed E-state index contributed by atoms with van der Waals surface area (Å²) in [5, 5.41) is 3.31. The van der Waals surface area contributed by atoms with Crippen LogP contribution in [0.15, 0.2) is 0 Å². The highest BCUT2D eigenvalue weighted by Crippen LogP contribution is 2.16. The summed E-state index contributed by atoms with van der Waals surface area (Å²) in [4.78, 5) is 11.4. The van der Waals surface area contributed by atoms with Crippen molar-refractivity contribution in [1.29, 1.82) is 0 Å². The molecule has 4 nitrogen and oxygen atoms in total. The molecule has 0 saturated heterocycles. The maximum Gasteiger partial charge on any atom is 0.307 e. The average Bonchev–Trinajstić information content (AvgIpc) is 2.18. The molecule has 0 bridgehead atoms. The number of methoxy groups -OCH3 is 1. The van der Waals surface area contributed by atoms with Gasteiger partial charge in [-0.25, -0.2) is 0 Å². The van der Waals surface area contributed by atoms with Crippen LogP contribution in [0.5, 0.6) is 0 Å². The third-order valence-corrected chi connectivity index (χ3v) is 2.44. The van der Waals surface area contributed by atoms with Gasteiger partial charge in [-0.1, -0.05) is 13.8 Å². The second-order valence-electron chi connectivity index (χ2n) is 3.58. The van der Waals surface area contributed by atoms with Gasteiger partial charge in [0, 0.05) is 7.11 Å². The zero-order valence-electron chi connectivity index (χ0n) is 10.3. The van der Waals surface area contributed by atoms with Crippen LogP contribution in [0, 0.1) is 0 Å². The van der Waals surface area contributed by atoms with Crippen LogP contribution >= 0.6 is 0 Å². The monoisotopic (exact) mass is 217 g/mol. The van der Waals surface area contributed by atoms with Crippen LogP contribution in [-0.2, 0) is 14.3 Å². The molecule has 0 radical (unpaired) electrons. The zero-order valence-corrected chi connectivity index (χ0v) is 10.3. The summed E-state index contributed by atoms with van der Waals surface area (Å²) in [5.41, 5.74) is -0.282. The van der Waals surface area contributed by atoms with Crippen molar-refractivity contribution in [3.8, 4) is 0 Å². The van der Waals surface area contributed by atoms with E-state index in [1.807, 2.05) is 20.8 Å². The Bertz CT molecular complexity index is 177. The molecule has 15 heavy (non-hydrogen) atoms. The van der Waals surface area contributed by atoms with Crippen molar-refractivity contribution in [2.75, 3.05) is 26.9 Å². The fraction of sp³-hybridized carbons (Fsp3) is 0.909. The van der Waals surface area contributed by atoms with Crippen LogP contribution in [0.2, 0.25) is 0 Å². The second-order valence-corrected chi connectivity index (χ2v) is 3.58. The minimum atomic E-state index is -0.282. The van der Waals surface area contributed by atoms with Crippen molar-refractivity contribution in [2.45, 2.75) is 39.2 Å². The van der Waals surface area contributed by atoms with Crippen molar-refractivity contribution in [2.24, 2.45) is 0 Å². The van der Waals surface area contributed by atoms with Gasteiger partial charge < -0.3 is 14.8 Å². The summed E-state index contributed by atoms with van der Waals surface area (Å²) in [6.07, 6.45) is 1.20. The summed E-state index contributed by atoms with van der Waals surface area (Å²) < 4.78 is 10.1. The van der Waals surface area contributed by atoms with Crippen molar-refractivity contribution < 1.29 is 14.3 Å². The fourth-order valence-electron chi connectivity index (χ4n) is 1.66. The highest BCUT2D eigenvalue weighted by molar-refractivity contribution is 5.70. The minimum Gasteiger partial charge on any atom is -0.466 e. The minimum absolute atomic E-state index is 0.169. The van der Waals surface area contributed by atoms with Gasteiger partial charge >= 0.3 is 5.97 Å². The lowest BCUT2D eigenvalue weighted by Gasteiger charge is -2.32. The number of hydrogen-bond donors (Lipinski definition) is 1. The van der Waals surface area contributed by atoms with Gasteiger partial charge in [-0.15, -0.1) is 0 Å². The molecule has 0 spiro atoms. The number of carbonyl (C=O) groups excluding carboxylic acids is 1. The van der Waals surface area contributed by atoms with Crippen LogP contribution in [0.25, 0.3) is 0 Å². The van der Waals surface area contributed by atoms with Crippen LogP contribution in [0.4, 0.5) is 0 Å². The first-order valence-electron chi connectivity index (χ1n) is 5.53. The molecule has 0 aromatic heterocycles. The molecule has 90 valence electrons. The summed E-state index contributed by atoms with van der Waals surface area (Å²) in [6.45, 7) is 7.64. The third kappa shape index (κ3) is 5.14. The molecule has 0 heterocycles. The van der Waals surface area contributed by atoms with E-state index in [9.17, 15) is 4.79 Å². The first kappa shape index (κ1) is 14.4. The Morgan fingerprint density at radius 1 is 1.33 bits per heavy atom. The second kappa shape index (κ2) is 7.65. The van der Waals surface area contributed by atoms with Gasteiger partial charge in [-0.05, 0) is 19.9 Å². The largest absolute Gasteiger partial charge is 0.466 e. The number of carbonyl (C=O) groups is 1. The van der Waals surface area contributed by atoms with Crippen molar-refractivity contribution in [3.05, 3.63) is 0 Å². The Kier molecular flexibility index (Phi) is 7.34. The van der Waals surface area contributed by atoms with E-state index in [2.05, 4.69) is 5.32 Å². The molecule has 0 saturated carbocycles. The number of ether oxygens (including phenoxy) is 2. The van der Waals surface area contributed by atoms with Gasteiger partial charge in [0.1, 0.15) is 0 Å². The molecule has 0 aliphatic rings. The molecular formula is C11H23NO3. The van der Waals surface area contributed by atoms with E-state index in [0.717, 1.165) is 13.0 Å². The summed E-state index contributed by atoms with van der Waals surface area (Å²) in [5.74, 6) is -0.169. The van der Waals surface area contributed by atoms with E-state index < -0.39 is 0 Å². The Morgan fingerprint density at radius 2 is 2.00 bits per heavy atom. The maximum atomic E-state index is 11.4. The van der Waals surface area contributed by atoms with Gasteiger partial charge in [0.2, 0.25) is 0 Å². The number of rotatable bonds is 8. The van der Waals surface area contributed by atoms with E-state index in [0.29, 0.717) is 19.6 Å². The number of hydrogen-bond acceptors (Lipinski definition) is 4. The summed E-state index contributed by atoms with van der Waals surface area (Å²) in [7, 11) is 1.65.